The van der Waals surface area contributed by atoms with Crippen LogP contribution in [0.3, 0.4) is 0 Å². The van der Waals surface area contributed by atoms with Gasteiger partial charge in [-0.2, -0.15) is 0 Å². The minimum atomic E-state index is -0.201. The molecule has 4 unspecified atom stereocenters. The van der Waals surface area contributed by atoms with Crippen LogP contribution in [-0.2, 0) is 4.74 Å². The maximum absolute atomic E-state index is 12.0. The fourth-order valence-electron chi connectivity index (χ4n) is 3.32. The number of hydrogen-bond acceptors (Lipinski definition) is 3. The summed E-state index contributed by atoms with van der Waals surface area (Å²) < 4.78 is 5.24. The molecule has 0 aromatic carbocycles. The first-order valence-electron chi connectivity index (χ1n) is 6.55. The number of aliphatic hydroxyl groups excluding tert-OH is 1. The zero-order chi connectivity index (χ0) is 11.8. The summed E-state index contributed by atoms with van der Waals surface area (Å²) >= 11 is 0. The molecule has 0 bridgehead atoms. The van der Waals surface area contributed by atoms with E-state index in [1.165, 1.54) is 0 Å². The van der Waals surface area contributed by atoms with Gasteiger partial charge >= 0.3 is 6.03 Å². The average Bonchev–Trinajstić information content (AvgIpc) is 2.97. The lowest BCUT2D eigenvalue weighted by Crippen LogP contribution is -2.44. The molecule has 0 radical (unpaired) electrons. The second-order valence-corrected chi connectivity index (χ2v) is 5.48. The van der Waals surface area contributed by atoms with Crippen molar-refractivity contribution in [3.05, 3.63) is 0 Å². The number of urea groups is 1. The van der Waals surface area contributed by atoms with Crippen molar-refractivity contribution >= 4 is 6.03 Å². The second-order valence-electron chi connectivity index (χ2n) is 5.48. The molecule has 3 fully saturated rings. The molecule has 0 aromatic heterocycles. The third-order valence-electron chi connectivity index (χ3n) is 4.36. The molecule has 2 saturated heterocycles. The fraction of sp³-hybridized carbons (Fsp3) is 0.917. The second kappa shape index (κ2) is 4.46. The molecule has 2 aliphatic heterocycles. The fourth-order valence-corrected chi connectivity index (χ4v) is 3.32. The summed E-state index contributed by atoms with van der Waals surface area (Å²) in [6.45, 7) is 2.90. The maximum atomic E-state index is 12.0. The molecular weight excluding hydrogens is 220 g/mol. The number of nitrogens with zero attached hydrogens (tertiary/aromatic N) is 1. The predicted octanol–water partition coefficient (Wildman–Crippen LogP) is 0.188. The number of aliphatic hydroxyl groups is 1. The van der Waals surface area contributed by atoms with Crippen molar-refractivity contribution < 1.29 is 14.6 Å². The van der Waals surface area contributed by atoms with Crippen LogP contribution >= 0.6 is 0 Å². The number of nitrogens with one attached hydrogen (secondary N) is 1. The highest BCUT2D eigenvalue weighted by atomic mass is 16.5. The van der Waals surface area contributed by atoms with Crippen molar-refractivity contribution in [2.75, 3.05) is 26.3 Å². The van der Waals surface area contributed by atoms with Crippen LogP contribution in [0.4, 0.5) is 4.79 Å². The zero-order valence-electron chi connectivity index (χ0n) is 9.97. The monoisotopic (exact) mass is 240 g/mol. The lowest BCUT2D eigenvalue weighted by atomic mass is 10.00. The van der Waals surface area contributed by atoms with Crippen LogP contribution in [0.25, 0.3) is 0 Å². The van der Waals surface area contributed by atoms with E-state index in [1.807, 2.05) is 4.90 Å². The first-order chi connectivity index (χ1) is 8.24. The van der Waals surface area contributed by atoms with Gasteiger partial charge in [0.15, 0.2) is 0 Å². The highest BCUT2D eigenvalue weighted by Crippen LogP contribution is 2.37. The van der Waals surface area contributed by atoms with Crippen LogP contribution in [0.1, 0.15) is 19.3 Å². The summed E-state index contributed by atoms with van der Waals surface area (Å²) in [5.41, 5.74) is 0. The largest absolute Gasteiger partial charge is 0.393 e. The van der Waals surface area contributed by atoms with Gasteiger partial charge in [-0.1, -0.05) is 0 Å². The molecule has 3 rings (SSSR count). The summed E-state index contributed by atoms with van der Waals surface area (Å²) in [6.07, 6.45) is 2.67. The van der Waals surface area contributed by atoms with Crippen LogP contribution in [0.2, 0.25) is 0 Å². The van der Waals surface area contributed by atoms with Crippen LogP contribution in [0, 0.1) is 11.8 Å². The number of carbonyl (C=O) groups excluding carboxylic acids is 1. The standard InChI is InChI=1S/C12H20N2O3/c15-11-2-1-8-5-14(6-10(8)11)12(16)13-9-3-4-17-7-9/h8-11,15H,1-7H2,(H,13,16). The number of ether oxygens (including phenoxy) is 1. The number of fused-ring (bicyclic) bond motifs is 1. The van der Waals surface area contributed by atoms with E-state index in [-0.39, 0.29) is 18.2 Å². The van der Waals surface area contributed by atoms with Gasteiger partial charge in [-0.05, 0) is 25.2 Å². The average molecular weight is 240 g/mol. The molecular formula is C12H20N2O3. The molecule has 5 heteroatoms. The van der Waals surface area contributed by atoms with Gasteiger partial charge in [-0.25, -0.2) is 4.79 Å². The van der Waals surface area contributed by atoms with Crippen molar-refractivity contribution in [1.82, 2.24) is 10.2 Å². The number of amides is 2. The Bertz CT molecular complexity index is 304. The Balaban J connectivity index is 1.53. The molecule has 4 atom stereocenters. The molecule has 0 spiro atoms. The van der Waals surface area contributed by atoms with E-state index in [9.17, 15) is 9.90 Å². The van der Waals surface area contributed by atoms with Crippen molar-refractivity contribution in [3.63, 3.8) is 0 Å². The molecule has 2 N–H and O–H groups in total. The van der Waals surface area contributed by atoms with E-state index < -0.39 is 0 Å². The number of hydrogen-bond donors (Lipinski definition) is 2. The van der Waals surface area contributed by atoms with E-state index >= 15 is 0 Å². The van der Waals surface area contributed by atoms with Gasteiger partial charge in [0.2, 0.25) is 0 Å². The van der Waals surface area contributed by atoms with E-state index in [1.54, 1.807) is 0 Å². The van der Waals surface area contributed by atoms with Crippen molar-refractivity contribution in [2.24, 2.45) is 11.8 Å². The Labute approximate surface area is 101 Å². The molecule has 2 amide bonds. The molecule has 3 aliphatic rings. The van der Waals surface area contributed by atoms with E-state index in [4.69, 9.17) is 4.74 Å². The van der Waals surface area contributed by atoms with Crippen molar-refractivity contribution in [1.29, 1.82) is 0 Å². The lowest BCUT2D eigenvalue weighted by molar-refractivity contribution is 0.125. The molecule has 0 aromatic rings. The summed E-state index contributed by atoms with van der Waals surface area (Å²) in [5, 5.41) is 12.8. The quantitative estimate of drug-likeness (QED) is 0.687. The number of likely N-dealkylation sites (tertiary alicyclic amines) is 1. The highest BCUT2D eigenvalue weighted by molar-refractivity contribution is 5.75. The molecule has 17 heavy (non-hydrogen) atoms. The predicted molar refractivity (Wildman–Crippen MR) is 61.5 cm³/mol. The van der Waals surface area contributed by atoms with E-state index in [2.05, 4.69) is 5.32 Å². The van der Waals surface area contributed by atoms with Gasteiger partial charge in [-0.3, -0.25) is 0 Å². The maximum Gasteiger partial charge on any atom is 0.317 e. The lowest BCUT2D eigenvalue weighted by Gasteiger charge is -2.21. The van der Waals surface area contributed by atoms with Crippen LogP contribution in [0.15, 0.2) is 0 Å². The van der Waals surface area contributed by atoms with Gasteiger partial charge in [0, 0.05) is 25.6 Å². The summed E-state index contributed by atoms with van der Waals surface area (Å²) in [4.78, 5) is 13.9. The Morgan fingerprint density at radius 1 is 1.29 bits per heavy atom. The molecule has 96 valence electrons. The SMILES string of the molecule is O=C(NC1CCOC1)N1CC2CCC(O)C2C1. The van der Waals surface area contributed by atoms with Gasteiger partial charge in [0.25, 0.3) is 0 Å². The molecule has 2 heterocycles. The smallest absolute Gasteiger partial charge is 0.317 e. The van der Waals surface area contributed by atoms with E-state index in [0.29, 0.717) is 25.0 Å². The molecule has 5 nitrogen and oxygen atoms in total. The summed E-state index contributed by atoms with van der Waals surface area (Å²) in [5.74, 6) is 0.816. The van der Waals surface area contributed by atoms with Crippen molar-refractivity contribution in [3.8, 4) is 0 Å². The third-order valence-corrected chi connectivity index (χ3v) is 4.36. The summed E-state index contributed by atoms with van der Waals surface area (Å²) in [6, 6.07) is 0.190. The van der Waals surface area contributed by atoms with E-state index in [0.717, 1.165) is 32.4 Å². The van der Waals surface area contributed by atoms with Crippen LogP contribution < -0.4 is 5.32 Å². The molecule has 1 aliphatic carbocycles. The summed E-state index contributed by atoms with van der Waals surface area (Å²) in [7, 11) is 0. The Kier molecular flexibility index (Phi) is 2.96. The Hall–Kier alpha value is -0.810. The zero-order valence-corrected chi connectivity index (χ0v) is 9.97. The van der Waals surface area contributed by atoms with Crippen LogP contribution in [-0.4, -0.2) is 54.5 Å². The van der Waals surface area contributed by atoms with Crippen LogP contribution in [0.5, 0.6) is 0 Å². The Morgan fingerprint density at radius 2 is 2.18 bits per heavy atom. The minimum absolute atomic E-state index is 0.0158. The normalized spacial score (nSPS) is 40.6. The first kappa shape index (κ1) is 11.3. The minimum Gasteiger partial charge on any atom is -0.393 e. The van der Waals surface area contributed by atoms with Gasteiger partial charge < -0.3 is 20.1 Å². The third kappa shape index (κ3) is 2.13. The van der Waals surface area contributed by atoms with Gasteiger partial charge in [0.1, 0.15) is 0 Å². The van der Waals surface area contributed by atoms with Crippen molar-refractivity contribution in [2.45, 2.75) is 31.4 Å². The number of carbonyl (C=O) groups is 1. The molecule has 1 saturated carbocycles. The first-order valence-corrected chi connectivity index (χ1v) is 6.55. The highest BCUT2D eigenvalue weighted by Gasteiger charge is 2.43. The van der Waals surface area contributed by atoms with Gasteiger partial charge in [0.05, 0.1) is 18.8 Å². The topological polar surface area (TPSA) is 61.8 Å². The Morgan fingerprint density at radius 3 is 2.88 bits per heavy atom. The van der Waals surface area contributed by atoms with Gasteiger partial charge in [-0.15, -0.1) is 0 Å². The number of rotatable bonds is 1.